The first-order chi connectivity index (χ1) is 5.07. The summed E-state index contributed by atoms with van der Waals surface area (Å²) in [7, 11) is 1.29. The van der Waals surface area contributed by atoms with E-state index in [-0.39, 0.29) is 18.3 Å². The Morgan fingerprint density at radius 1 is 1.55 bits per heavy atom. The lowest BCUT2D eigenvalue weighted by Crippen LogP contribution is -2.13. The minimum Gasteiger partial charge on any atom is -0.481 e. The van der Waals surface area contributed by atoms with E-state index >= 15 is 0 Å². The third-order valence-corrected chi connectivity index (χ3v) is 1.39. The number of ether oxygens (including phenoxy) is 1. The second kappa shape index (κ2) is 4.71. The zero-order chi connectivity index (χ0) is 8.85. The average molecular weight is 160 g/mol. The van der Waals surface area contributed by atoms with Gasteiger partial charge in [0.1, 0.15) is 0 Å². The molecule has 4 nitrogen and oxygen atoms in total. The first-order valence-corrected chi connectivity index (χ1v) is 3.37. The van der Waals surface area contributed by atoms with Crippen LogP contribution in [0.3, 0.4) is 0 Å². The Morgan fingerprint density at radius 2 is 2.09 bits per heavy atom. The Bertz CT molecular complexity index is 153. The maximum atomic E-state index is 10.7. The number of methoxy groups -OCH3 is 1. The normalized spacial score (nSPS) is 12.2. The van der Waals surface area contributed by atoms with Crippen LogP contribution in [0, 0.1) is 5.92 Å². The summed E-state index contributed by atoms with van der Waals surface area (Å²) in [4.78, 5) is 20.8. The van der Waals surface area contributed by atoms with E-state index in [1.165, 1.54) is 7.11 Å². The first-order valence-electron chi connectivity index (χ1n) is 3.37. The molecular weight excluding hydrogens is 148 g/mol. The van der Waals surface area contributed by atoms with Gasteiger partial charge in [0.15, 0.2) is 0 Å². The fourth-order valence-electron chi connectivity index (χ4n) is 0.659. The van der Waals surface area contributed by atoms with E-state index in [1.54, 1.807) is 6.92 Å². The molecule has 0 rings (SSSR count). The molecule has 0 spiro atoms. The van der Waals surface area contributed by atoms with Crippen LogP contribution in [0.4, 0.5) is 0 Å². The van der Waals surface area contributed by atoms with Gasteiger partial charge >= 0.3 is 11.9 Å². The van der Waals surface area contributed by atoms with Crippen LogP contribution in [0.15, 0.2) is 0 Å². The fraction of sp³-hybridized carbons (Fsp3) is 0.714. The highest BCUT2D eigenvalue weighted by atomic mass is 16.5. The number of carboxylic acids is 1. The summed E-state index contributed by atoms with van der Waals surface area (Å²) in [5, 5.41) is 8.26. The minimum atomic E-state index is -0.888. The van der Waals surface area contributed by atoms with Crippen molar-refractivity contribution in [1.82, 2.24) is 0 Å². The molecular formula is C7H12O4. The predicted molar refractivity (Wildman–Crippen MR) is 38.0 cm³/mol. The minimum absolute atomic E-state index is 0.0102. The highest BCUT2D eigenvalue weighted by molar-refractivity contribution is 5.73. The lowest BCUT2D eigenvalue weighted by molar-refractivity contribution is -0.145. The van der Waals surface area contributed by atoms with Gasteiger partial charge in [0.25, 0.3) is 0 Å². The van der Waals surface area contributed by atoms with E-state index in [9.17, 15) is 9.59 Å². The number of hydrogen-bond donors (Lipinski definition) is 1. The summed E-state index contributed by atoms with van der Waals surface area (Å²) in [6, 6.07) is 0. The molecule has 0 radical (unpaired) electrons. The van der Waals surface area contributed by atoms with Crippen molar-refractivity contribution >= 4 is 11.9 Å². The Kier molecular flexibility index (Phi) is 4.26. The lowest BCUT2D eigenvalue weighted by atomic mass is 10.1. The summed E-state index contributed by atoms with van der Waals surface area (Å²) < 4.78 is 4.41. The smallest absolute Gasteiger partial charge is 0.308 e. The maximum Gasteiger partial charge on any atom is 0.308 e. The van der Waals surface area contributed by atoms with E-state index in [0.29, 0.717) is 6.42 Å². The Labute approximate surface area is 65.2 Å². The molecule has 0 aromatic heterocycles. The number of carbonyl (C=O) groups is 2. The van der Waals surface area contributed by atoms with Crippen LogP contribution in [-0.4, -0.2) is 24.2 Å². The molecule has 0 saturated heterocycles. The van der Waals surface area contributed by atoms with Crippen LogP contribution in [0.5, 0.6) is 0 Å². The molecule has 0 amide bonds. The third-order valence-electron chi connectivity index (χ3n) is 1.39. The van der Waals surface area contributed by atoms with Crippen molar-refractivity contribution in [2.24, 2.45) is 5.92 Å². The second-order valence-corrected chi connectivity index (χ2v) is 2.36. The van der Waals surface area contributed by atoms with Crippen LogP contribution in [0.2, 0.25) is 0 Å². The Hall–Kier alpha value is -1.06. The van der Waals surface area contributed by atoms with Crippen molar-refractivity contribution < 1.29 is 19.4 Å². The van der Waals surface area contributed by atoms with E-state index < -0.39 is 5.97 Å². The lowest BCUT2D eigenvalue weighted by Gasteiger charge is -2.05. The van der Waals surface area contributed by atoms with Crippen LogP contribution in [0.1, 0.15) is 19.8 Å². The van der Waals surface area contributed by atoms with Gasteiger partial charge in [-0.3, -0.25) is 9.59 Å². The summed E-state index contributed by atoms with van der Waals surface area (Å²) in [6.07, 6.45) is 0.346. The van der Waals surface area contributed by atoms with Gasteiger partial charge in [-0.05, 0) is 6.42 Å². The SMILES string of the molecule is COC(=O)C(C)CCC(=O)O. The molecule has 0 saturated carbocycles. The maximum absolute atomic E-state index is 10.7. The van der Waals surface area contributed by atoms with Crippen LogP contribution >= 0.6 is 0 Å². The standard InChI is InChI=1S/C7H12O4/c1-5(7(10)11-2)3-4-6(8)9/h5H,3-4H2,1-2H3,(H,8,9). The van der Waals surface area contributed by atoms with Crippen molar-refractivity contribution in [2.75, 3.05) is 7.11 Å². The van der Waals surface area contributed by atoms with Gasteiger partial charge in [-0.1, -0.05) is 6.92 Å². The topological polar surface area (TPSA) is 63.6 Å². The fourth-order valence-corrected chi connectivity index (χ4v) is 0.659. The number of carboxylic acid groups (broad SMARTS) is 1. The largest absolute Gasteiger partial charge is 0.481 e. The molecule has 0 aromatic rings. The number of aliphatic carboxylic acids is 1. The highest BCUT2D eigenvalue weighted by Gasteiger charge is 2.13. The number of carbonyl (C=O) groups excluding carboxylic acids is 1. The zero-order valence-electron chi connectivity index (χ0n) is 6.66. The molecule has 0 aliphatic rings. The van der Waals surface area contributed by atoms with E-state index in [2.05, 4.69) is 4.74 Å². The van der Waals surface area contributed by atoms with Crippen molar-refractivity contribution in [3.8, 4) is 0 Å². The van der Waals surface area contributed by atoms with E-state index in [4.69, 9.17) is 5.11 Å². The molecule has 0 aliphatic heterocycles. The summed E-state index contributed by atoms with van der Waals surface area (Å²) in [6.45, 7) is 1.65. The molecule has 0 fully saturated rings. The quantitative estimate of drug-likeness (QED) is 0.613. The van der Waals surface area contributed by atoms with E-state index in [1.807, 2.05) is 0 Å². The molecule has 1 unspecified atom stereocenters. The highest BCUT2D eigenvalue weighted by Crippen LogP contribution is 2.06. The third kappa shape index (κ3) is 4.36. The van der Waals surface area contributed by atoms with Crippen molar-refractivity contribution in [3.05, 3.63) is 0 Å². The number of rotatable bonds is 4. The monoisotopic (exact) mass is 160 g/mol. The molecule has 1 N–H and O–H groups in total. The van der Waals surface area contributed by atoms with Gasteiger partial charge in [-0.15, -0.1) is 0 Å². The molecule has 0 aliphatic carbocycles. The Balaban J connectivity index is 3.60. The van der Waals surface area contributed by atoms with Crippen LogP contribution in [0.25, 0.3) is 0 Å². The van der Waals surface area contributed by atoms with Gasteiger partial charge in [0.2, 0.25) is 0 Å². The van der Waals surface area contributed by atoms with Crippen molar-refractivity contribution in [2.45, 2.75) is 19.8 Å². The van der Waals surface area contributed by atoms with Gasteiger partial charge in [0, 0.05) is 6.42 Å². The molecule has 0 heterocycles. The number of hydrogen-bond acceptors (Lipinski definition) is 3. The van der Waals surface area contributed by atoms with Gasteiger partial charge in [-0.2, -0.15) is 0 Å². The molecule has 1 atom stereocenters. The Morgan fingerprint density at radius 3 is 2.45 bits per heavy atom. The van der Waals surface area contributed by atoms with Gasteiger partial charge in [-0.25, -0.2) is 0 Å². The zero-order valence-corrected chi connectivity index (χ0v) is 6.66. The second-order valence-electron chi connectivity index (χ2n) is 2.36. The van der Waals surface area contributed by atoms with E-state index in [0.717, 1.165) is 0 Å². The van der Waals surface area contributed by atoms with Gasteiger partial charge < -0.3 is 9.84 Å². The molecule has 0 bridgehead atoms. The summed E-state index contributed by atoms with van der Waals surface area (Å²) in [5.74, 6) is -1.57. The average Bonchev–Trinajstić information content (AvgIpc) is 1.98. The number of esters is 1. The molecule has 11 heavy (non-hydrogen) atoms. The first kappa shape index (κ1) is 9.94. The summed E-state index contributed by atoms with van der Waals surface area (Å²) >= 11 is 0. The van der Waals surface area contributed by atoms with Crippen molar-refractivity contribution in [3.63, 3.8) is 0 Å². The van der Waals surface area contributed by atoms with Gasteiger partial charge in [0.05, 0.1) is 13.0 Å². The summed E-state index contributed by atoms with van der Waals surface area (Å²) in [5.41, 5.74) is 0. The van der Waals surface area contributed by atoms with Crippen molar-refractivity contribution in [1.29, 1.82) is 0 Å². The predicted octanol–water partition coefficient (Wildman–Crippen LogP) is 0.660. The molecule has 0 aromatic carbocycles. The van der Waals surface area contributed by atoms with Crippen LogP contribution < -0.4 is 0 Å². The molecule has 64 valence electrons. The van der Waals surface area contributed by atoms with Crippen LogP contribution in [-0.2, 0) is 14.3 Å². The molecule has 4 heteroatoms.